The second-order valence-corrected chi connectivity index (χ2v) is 6.42. The molecule has 134 valence electrons. The Hall–Kier alpha value is -2.88. The van der Waals surface area contributed by atoms with E-state index in [1.165, 1.54) is 11.1 Å². The fourth-order valence-corrected chi connectivity index (χ4v) is 2.75. The second-order valence-electron chi connectivity index (χ2n) is 6.42. The maximum atomic E-state index is 12.0. The number of hydrogen-bond donors (Lipinski definition) is 1. The molecule has 0 atom stereocenters. The summed E-state index contributed by atoms with van der Waals surface area (Å²) in [5, 5.41) is 2.96. The van der Waals surface area contributed by atoms with E-state index < -0.39 is 0 Å². The predicted molar refractivity (Wildman–Crippen MR) is 103 cm³/mol. The van der Waals surface area contributed by atoms with E-state index in [4.69, 9.17) is 4.42 Å². The number of amides is 1. The Morgan fingerprint density at radius 3 is 2.58 bits per heavy atom. The molecule has 2 aromatic carbocycles. The zero-order valence-electron chi connectivity index (χ0n) is 15.1. The Balaban J connectivity index is 1.38. The Morgan fingerprint density at radius 1 is 1.04 bits per heavy atom. The lowest BCUT2D eigenvalue weighted by Gasteiger charge is -2.04. The third-order valence-corrected chi connectivity index (χ3v) is 4.26. The molecule has 0 spiro atoms. The van der Waals surface area contributed by atoms with Crippen LogP contribution in [0, 0.1) is 6.92 Å². The minimum absolute atomic E-state index is 0.0353. The normalized spacial score (nSPS) is 10.7. The summed E-state index contributed by atoms with van der Waals surface area (Å²) in [5.74, 6) is 1.37. The van der Waals surface area contributed by atoms with Gasteiger partial charge in [0, 0.05) is 24.9 Å². The number of carbonyl (C=O) groups excluding carboxylic acids is 1. The molecule has 4 nitrogen and oxygen atoms in total. The van der Waals surface area contributed by atoms with Gasteiger partial charge in [-0.2, -0.15) is 0 Å². The van der Waals surface area contributed by atoms with E-state index in [-0.39, 0.29) is 5.91 Å². The van der Waals surface area contributed by atoms with Crippen LogP contribution < -0.4 is 5.32 Å². The minimum Gasteiger partial charge on any atom is -0.441 e. The molecule has 0 unspecified atom stereocenters. The van der Waals surface area contributed by atoms with Crippen LogP contribution in [0.1, 0.15) is 29.9 Å². The molecule has 1 N–H and O–H groups in total. The van der Waals surface area contributed by atoms with Gasteiger partial charge in [-0.25, -0.2) is 4.98 Å². The average molecular weight is 348 g/mol. The van der Waals surface area contributed by atoms with Crippen molar-refractivity contribution in [2.24, 2.45) is 0 Å². The molecule has 3 aromatic rings. The van der Waals surface area contributed by atoms with Crippen molar-refractivity contribution in [1.82, 2.24) is 10.3 Å². The summed E-state index contributed by atoms with van der Waals surface area (Å²) in [6.07, 6.45) is 4.53. The number of rotatable bonds is 8. The van der Waals surface area contributed by atoms with Gasteiger partial charge < -0.3 is 9.73 Å². The first-order chi connectivity index (χ1) is 12.7. The lowest BCUT2D eigenvalue weighted by atomic mass is 10.1. The maximum absolute atomic E-state index is 12.0. The van der Waals surface area contributed by atoms with E-state index >= 15 is 0 Å². The number of carbonyl (C=O) groups is 1. The summed E-state index contributed by atoms with van der Waals surface area (Å²) in [6.45, 7) is 2.74. The third-order valence-electron chi connectivity index (χ3n) is 4.26. The van der Waals surface area contributed by atoms with Crippen molar-refractivity contribution in [3.63, 3.8) is 0 Å². The van der Waals surface area contributed by atoms with Crippen LogP contribution in [0.15, 0.2) is 65.2 Å². The first-order valence-corrected chi connectivity index (χ1v) is 9.03. The lowest BCUT2D eigenvalue weighted by molar-refractivity contribution is -0.121. The maximum Gasteiger partial charge on any atom is 0.220 e. The van der Waals surface area contributed by atoms with Gasteiger partial charge >= 0.3 is 0 Å². The van der Waals surface area contributed by atoms with Gasteiger partial charge in [0.15, 0.2) is 11.7 Å². The van der Waals surface area contributed by atoms with Crippen LogP contribution in [0.4, 0.5) is 0 Å². The van der Waals surface area contributed by atoms with Crippen LogP contribution >= 0.6 is 0 Å². The minimum atomic E-state index is 0.0353. The van der Waals surface area contributed by atoms with Gasteiger partial charge in [-0.3, -0.25) is 4.79 Å². The predicted octanol–water partition coefficient (Wildman–Crippen LogP) is 4.33. The summed E-state index contributed by atoms with van der Waals surface area (Å²) in [5.41, 5.74) is 3.50. The van der Waals surface area contributed by atoms with Crippen LogP contribution in [-0.4, -0.2) is 17.4 Å². The Bertz CT molecular complexity index is 823. The number of benzene rings is 2. The molecular weight excluding hydrogens is 324 g/mol. The highest BCUT2D eigenvalue weighted by molar-refractivity contribution is 5.76. The number of nitrogens with zero attached hydrogens (tertiary/aromatic N) is 1. The smallest absolute Gasteiger partial charge is 0.220 e. The third kappa shape index (κ3) is 5.31. The van der Waals surface area contributed by atoms with E-state index in [0.29, 0.717) is 25.3 Å². The van der Waals surface area contributed by atoms with Crippen LogP contribution in [0.2, 0.25) is 0 Å². The van der Waals surface area contributed by atoms with Gasteiger partial charge in [0.2, 0.25) is 5.91 Å². The lowest BCUT2D eigenvalue weighted by Crippen LogP contribution is -2.25. The molecule has 0 saturated heterocycles. The Labute approximate surface area is 154 Å². The quantitative estimate of drug-likeness (QED) is 0.616. The van der Waals surface area contributed by atoms with Crippen molar-refractivity contribution in [3.8, 4) is 11.3 Å². The molecule has 0 aliphatic rings. The van der Waals surface area contributed by atoms with Gasteiger partial charge in [0.1, 0.15) is 0 Å². The van der Waals surface area contributed by atoms with Crippen molar-refractivity contribution < 1.29 is 9.21 Å². The van der Waals surface area contributed by atoms with E-state index in [1.807, 2.05) is 49.4 Å². The fraction of sp³-hybridized carbons (Fsp3) is 0.273. The Morgan fingerprint density at radius 2 is 1.81 bits per heavy atom. The SMILES string of the molecule is Cc1ccc(-c2cnc(CCC(=O)NCCCc3ccccc3)o2)cc1. The number of aryl methyl sites for hydroxylation is 3. The molecule has 3 rings (SSSR count). The molecule has 0 aliphatic carbocycles. The highest BCUT2D eigenvalue weighted by atomic mass is 16.4. The highest BCUT2D eigenvalue weighted by Gasteiger charge is 2.08. The molecule has 0 fully saturated rings. The number of hydrogen-bond acceptors (Lipinski definition) is 3. The number of nitrogens with one attached hydrogen (secondary N) is 1. The molecule has 4 heteroatoms. The van der Waals surface area contributed by atoms with Crippen LogP contribution in [0.3, 0.4) is 0 Å². The van der Waals surface area contributed by atoms with Crippen molar-refractivity contribution in [1.29, 1.82) is 0 Å². The summed E-state index contributed by atoms with van der Waals surface area (Å²) in [6, 6.07) is 18.4. The summed E-state index contributed by atoms with van der Waals surface area (Å²) >= 11 is 0. The Kier molecular flexibility index (Phi) is 6.20. The topological polar surface area (TPSA) is 55.1 Å². The summed E-state index contributed by atoms with van der Waals surface area (Å²) < 4.78 is 5.75. The molecule has 0 bridgehead atoms. The van der Waals surface area contributed by atoms with E-state index in [9.17, 15) is 4.79 Å². The zero-order valence-corrected chi connectivity index (χ0v) is 15.1. The second kappa shape index (κ2) is 8.99. The summed E-state index contributed by atoms with van der Waals surface area (Å²) in [7, 11) is 0. The van der Waals surface area contributed by atoms with Crippen molar-refractivity contribution in [3.05, 3.63) is 77.8 Å². The van der Waals surface area contributed by atoms with Gasteiger partial charge in [-0.1, -0.05) is 60.2 Å². The fourth-order valence-electron chi connectivity index (χ4n) is 2.75. The van der Waals surface area contributed by atoms with E-state index in [2.05, 4.69) is 22.4 Å². The molecule has 1 heterocycles. The van der Waals surface area contributed by atoms with Gasteiger partial charge in [-0.15, -0.1) is 0 Å². The van der Waals surface area contributed by atoms with Gasteiger partial charge in [-0.05, 0) is 25.3 Å². The number of aromatic nitrogens is 1. The first kappa shape index (κ1) is 17.9. The number of oxazole rings is 1. The van der Waals surface area contributed by atoms with Crippen molar-refractivity contribution in [2.75, 3.05) is 6.54 Å². The monoisotopic (exact) mass is 348 g/mol. The van der Waals surface area contributed by atoms with Crippen LogP contribution in [-0.2, 0) is 17.6 Å². The largest absolute Gasteiger partial charge is 0.441 e. The molecule has 0 saturated carbocycles. The van der Waals surface area contributed by atoms with E-state index in [1.54, 1.807) is 6.20 Å². The molecular formula is C22H24N2O2. The van der Waals surface area contributed by atoms with Crippen LogP contribution in [0.5, 0.6) is 0 Å². The van der Waals surface area contributed by atoms with E-state index in [0.717, 1.165) is 24.2 Å². The molecule has 0 radical (unpaired) electrons. The highest BCUT2D eigenvalue weighted by Crippen LogP contribution is 2.21. The molecule has 0 aliphatic heterocycles. The standard InChI is InChI=1S/C22H24N2O2/c1-17-9-11-19(12-10-17)20-16-24-22(26-20)14-13-21(25)23-15-5-8-18-6-3-2-4-7-18/h2-4,6-7,9-12,16H,5,8,13-15H2,1H3,(H,23,25). The van der Waals surface area contributed by atoms with Crippen molar-refractivity contribution in [2.45, 2.75) is 32.6 Å². The summed E-state index contributed by atoms with van der Waals surface area (Å²) in [4.78, 5) is 16.2. The first-order valence-electron chi connectivity index (χ1n) is 9.03. The van der Waals surface area contributed by atoms with Crippen LogP contribution in [0.25, 0.3) is 11.3 Å². The molecule has 1 aromatic heterocycles. The molecule has 1 amide bonds. The molecule has 26 heavy (non-hydrogen) atoms. The van der Waals surface area contributed by atoms with Crippen molar-refractivity contribution >= 4 is 5.91 Å². The van der Waals surface area contributed by atoms with Gasteiger partial charge in [0.05, 0.1) is 6.20 Å². The average Bonchev–Trinajstić information content (AvgIpc) is 3.14. The van der Waals surface area contributed by atoms with Gasteiger partial charge in [0.25, 0.3) is 0 Å². The zero-order chi connectivity index (χ0) is 18.2.